The molecule has 21 heavy (non-hydrogen) atoms. The summed E-state index contributed by atoms with van der Waals surface area (Å²) in [7, 11) is -3.89. The predicted octanol–water partition coefficient (Wildman–Crippen LogP) is 1.50. The fourth-order valence-corrected chi connectivity index (χ4v) is 3.24. The summed E-state index contributed by atoms with van der Waals surface area (Å²) < 4.78 is 39.6. The molecule has 0 saturated heterocycles. The van der Waals surface area contributed by atoms with Gasteiger partial charge in [0.15, 0.2) is 0 Å². The van der Waals surface area contributed by atoms with Crippen molar-refractivity contribution in [2.24, 2.45) is 0 Å². The quantitative estimate of drug-likeness (QED) is 0.837. The van der Waals surface area contributed by atoms with Crippen LogP contribution in [0, 0.1) is 5.82 Å². The van der Waals surface area contributed by atoms with Crippen molar-refractivity contribution in [1.82, 2.24) is 9.71 Å². The zero-order chi connectivity index (χ0) is 15.5. The van der Waals surface area contributed by atoms with Crippen LogP contribution >= 0.6 is 11.3 Å². The van der Waals surface area contributed by atoms with Gasteiger partial charge in [0.1, 0.15) is 5.82 Å². The third-order valence-corrected chi connectivity index (χ3v) is 4.73. The third-order valence-electron chi connectivity index (χ3n) is 2.64. The van der Waals surface area contributed by atoms with E-state index < -0.39 is 27.4 Å². The molecule has 9 heteroatoms. The third kappa shape index (κ3) is 3.84. The summed E-state index contributed by atoms with van der Waals surface area (Å²) in [6, 6.07) is 2.63. The van der Waals surface area contributed by atoms with Crippen molar-refractivity contribution in [3.05, 3.63) is 46.2 Å². The highest BCUT2D eigenvalue weighted by molar-refractivity contribution is 7.89. The zero-order valence-corrected chi connectivity index (χ0v) is 12.2. The number of aromatic carboxylic acids is 1. The Morgan fingerprint density at radius 1 is 1.43 bits per heavy atom. The van der Waals surface area contributed by atoms with Crippen molar-refractivity contribution in [3.8, 4) is 0 Å². The van der Waals surface area contributed by atoms with Gasteiger partial charge in [0.05, 0.1) is 21.7 Å². The number of sulfonamides is 1. The first-order chi connectivity index (χ1) is 9.90. The second-order valence-corrected chi connectivity index (χ2v) is 6.56. The molecule has 0 bridgehead atoms. The van der Waals surface area contributed by atoms with E-state index in [0.717, 1.165) is 23.9 Å². The van der Waals surface area contributed by atoms with Crippen LogP contribution in [0.15, 0.2) is 34.0 Å². The highest BCUT2D eigenvalue weighted by Gasteiger charge is 2.18. The van der Waals surface area contributed by atoms with Crippen LogP contribution in [0.4, 0.5) is 4.39 Å². The number of nitrogens with zero attached hydrogens (tertiary/aromatic N) is 1. The standard InChI is InChI=1S/C12H11FN2O4S2/c13-11-2-1-9(5-10(11)12(16)17)21(18,19)15-4-3-8-6-20-7-14-8/h1-2,5-7,15H,3-4H2,(H,16,17). The maximum atomic E-state index is 13.2. The SMILES string of the molecule is O=C(O)c1cc(S(=O)(=O)NCCc2cscn2)ccc1F. The summed E-state index contributed by atoms with van der Waals surface area (Å²) in [5.74, 6) is -2.50. The summed E-state index contributed by atoms with van der Waals surface area (Å²) in [6.07, 6.45) is 0.412. The van der Waals surface area contributed by atoms with E-state index in [1.54, 1.807) is 10.9 Å². The van der Waals surface area contributed by atoms with Crippen LogP contribution in [0.1, 0.15) is 16.1 Å². The Morgan fingerprint density at radius 2 is 2.19 bits per heavy atom. The van der Waals surface area contributed by atoms with E-state index >= 15 is 0 Å². The number of halogens is 1. The fourth-order valence-electron chi connectivity index (χ4n) is 1.59. The zero-order valence-electron chi connectivity index (χ0n) is 10.6. The monoisotopic (exact) mass is 330 g/mol. The van der Waals surface area contributed by atoms with Gasteiger partial charge in [0.25, 0.3) is 0 Å². The average molecular weight is 330 g/mol. The molecule has 0 spiro atoms. The number of carboxylic acids is 1. The van der Waals surface area contributed by atoms with Crippen LogP contribution in [0.3, 0.4) is 0 Å². The van der Waals surface area contributed by atoms with Crippen LogP contribution in [0.25, 0.3) is 0 Å². The van der Waals surface area contributed by atoms with Crippen molar-refractivity contribution in [1.29, 1.82) is 0 Å². The van der Waals surface area contributed by atoms with Gasteiger partial charge in [-0.25, -0.2) is 27.3 Å². The molecule has 0 aliphatic rings. The van der Waals surface area contributed by atoms with Gasteiger partial charge >= 0.3 is 5.97 Å². The summed E-state index contributed by atoms with van der Waals surface area (Å²) >= 11 is 1.41. The topological polar surface area (TPSA) is 96.4 Å². The van der Waals surface area contributed by atoms with Gasteiger partial charge in [-0.1, -0.05) is 0 Å². The van der Waals surface area contributed by atoms with Crippen molar-refractivity contribution in [2.45, 2.75) is 11.3 Å². The number of thiazole rings is 1. The number of rotatable bonds is 6. The Bertz CT molecular complexity index is 745. The number of benzene rings is 1. The number of nitrogens with one attached hydrogen (secondary N) is 1. The average Bonchev–Trinajstić information content (AvgIpc) is 2.91. The molecule has 0 aliphatic carbocycles. The van der Waals surface area contributed by atoms with Gasteiger partial charge in [0, 0.05) is 18.3 Å². The summed E-state index contributed by atoms with van der Waals surface area (Å²) in [5, 5.41) is 10.6. The first-order valence-corrected chi connectivity index (χ1v) is 8.22. The highest BCUT2D eigenvalue weighted by Crippen LogP contribution is 2.15. The Kier molecular flexibility index (Phi) is 4.66. The molecule has 0 unspecified atom stereocenters. The molecular weight excluding hydrogens is 319 g/mol. The molecule has 2 aromatic rings. The second kappa shape index (κ2) is 6.29. The first kappa shape index (κ1) is 15.5. The van der Waals surface area contributed by atoms with E-state index in [0.29, 0.717) is 6.42 Å². The molecule has 0 radical (unpaired) electrons. The van der Waals surface area contributed by atoms with Crippen molar-refractivity contribution in [3.63, 3.8) is 0 Å². The molecule has 112 valence electrons. The predicted molar refractivity (Wildman–Crippen MR) is 74.4 cm³/mol. The summed E-state index contributed by atoms with van der Waals surface area (Å²) in [6.45, 7) is 0.117. The molecule has 0 fully saturated rings. The Labute approximate surface area is 124 Å². The maximum Gasteiger partial charge on any atom is 0.338 e. The van der Waals surface area contributed by atoms with Gasteiger partial charge in [-0.2, -0.15) is 0 Å². The lowest BCUT2D eigenvalue weighted by Gasteiger charge is -2.07. The number of carbonyl (C=O) groups is 1. The van der Waals surface area contributed by atoms with Gasteiger partial charge in [-0.05, 0) is 18.2 Å². The number of carboxylic acid groups (broad SMARTS) is 1. The fraction of sp³-hybridized carbons (Fsp3) is 0.167. The summed E-state index contributed by atoms with van der Waals surface area (Å²) in [5.41, 5.74) is 1.72. The van der Waals surface area contributed by atoms with Crippen molar-refractivity contribution >= 4 is 27.3 Å². The lowest BCUT2D eigenvalue weighted by atomic mass is 10.2. The molecule has 0 saturated carbocycles. The highest BCUT2D eigenvalue weighted by atomic mass is 32.2. The van der Waals surface area contributed by atoms with Crippen LogP contribution < -0.4 is 4.72 Å². The normalized spacial score (nSPS) is 11.5. The lowest BCUT2D eigenvalue weighted by Crippen LogP contribution is -2.26. The molecule has 0 aliphatic heterocycles. The minimum atomic E-state index is -3.89. The molecule has 1 aromatic heterocycles. The Balaban J connectivity index is 2.12. The lowest BCUT2D eigenvalue weighted by molar-refractivity contribution is 0.0691. The van der Waals surface area contributed by atoms with Gasteiger partial charge in [-0.15, -0.1) is 11.3 Å². The van der Waals surface area contributed by atoms with E-state index in [-0.39, 0.29) is 11.4 Å². The summed E-state index contributed by atoms with van der Waals surface area (Å²) in [4.78, 5) is 14.5. The van der Waals surface area contributed by atoms with E-state index in [2.05, 4.69) is 9.71 Å². The van der Waals surface area contributed by atoms with Crippen molar-refractivity contribution in [2.75, 3.05) is 6.54 Å². The molecule has 2 rings (SSSR count). The van der Waals surface area contributed by atoms with E-state index in [4.69, 9.17) is 5.11 Å². The maximum absolute atomic E-state index is 13.2. The van der Waals surface area contributed by atoms with E-state index in [1.165, 1.54) is 11.3 Å². The van der Waals surface area contributed by atoms with Crippen LogP contribution in [0.2, 0.25) is 0 Å². The van der Waals surface area contributed by atoms with Crippen molar-refractivity contribution < 1.29 is 22.7 Å². The van der Waals surface area contributed by atoms with Crippen LogP contribution in [-0.2, 0) is 16.4 Å². The molecule has 0 atom stereocenters. The number of aromatic nitrogens is 1. The minimum absolute atomic E-state index is 0.117. The molecular formula is C12H11FN2O4S2. The molecule has 1 heterocycles. The minimum Gasteiger partial charge on any atom is -0.478 e. The van der Waals surface area contributed by atoms with E-state index in [9.17, 15) is 17.6 Å². The molecule has 6 nitrogen and oxygen atoms in total. The largest absolute Gasteiger partial charge is 0.478 e. The molecule has 0 amide bonds. The second-order valence-electron chi connectivity index (χ2n) is 4.07. The van der Waals surface area contributed by atoms with E-state index in [1.807, 2.05) is 0 Å². The van der Waals surface area contributed by atoms with Crippen LogP contribution in [-0.4, -0.2) is 31.0 Å². The smallest absolute Gasteiger partial charge is 0.338 e. The van der Waals surface area contributed by atoms with Gasteiger partial charge < -0.3 is 5.11 Å². The molecule has 2 N–H and O–H groups in total. The van der Waals surface area contributed by atoms with Crippen LogP contribution in [0.5, 0.6) is 0 Å². The van der Waals surface area contributed by atoms with Gasteiger partial charge in [0.2, 0.25) is 10.0 Å². The molecule has 1 aromatic carbocycles. The van der Waals surface area contributed by atoms with Gasteiger partial charge in [-0.3, -0.25) is 0 Å². The number of hydrogen-bond donors (Lipinski definition) is 2. The Hall–Kier alpha value is -1.84. The first-order valence-electron chi connectivity index (χ1n) is 5.80. The number of hydrogen-bond acceptors (Lipinski definition) is 5. The Morgan fingerprint density at radius 3 is 2.81 bits per heavy atom.